The van der Waals surface area contributed by atoms with Crippen molar-refractivity contribution in [3.8, 4) is 0 Å². The SMILES string of the molecule is Cc1c(N)cccc1CNc1ccnc2ccccc12. The van der Waals surface area contributed by atoms with Crippen LogP contribution in [-0.4, -0.2) is 4.98 Å². The number of rotatable bonds is 3. The minimum Gasteiger partial charge on any atom is -0.399 e. The van der Waals surface area contributed by atoms with Crippen LogP contribution in [0.3, 0.4) is 0 Å². The largest absolute Gasteiger partial charge is 0.399 e. The average Bonchev–Trinajstić information content (AvgIpc) is 2.49. The molecular weight excluding hydrogens is 246 g/mol. The lowest BCUT2D eigenvalue weighted by Crippen LogP contribution is -2.03. The molecule has 100 valence electrons. The number of hydrogen-bond donors (Lipinski definition) is 2. The van der Waals surface area contributed by atoms with E-state index in [9.17, 15) is 0 Å². The highest BCUT2D eigenvalue weighted by molar-refractivity contribution is 5.90. The third-order valence-electron chi connectivity index (χ3n) is 3.61. The number of fused-ring (bicyclic) bond motifs is 1. The topological polar surface area (TPSA) is 50.9 Å². The zero-order valence-electron chi connectivity index (χ0n) is 11.4. The van der Waals surface area contributed by atoms with Crippen molar-refractivity contribution in [3.05, 3.63) is 65.9 Å². The number of nitrogens with two attached hydrogens (primary N) is 1. The summed E-state index contributed by atoms with van der Waals surface area (Å²) in [5.41, 5.74) is 11.2. The molecule has 20 heavy (non-hydrogen) atoms. The third kappa shape index (κ3) is 2.30. The maximum Gasteiger partial charge on any atom is 0.0722 e. The molecule has 0 saturated heterocycles. The Morgan fingerprint density at radius 3 is 2.80 bits per heavy atom. The number of hydrogen-bond acceptors (Lipinski definition) is 3. The van der Waals surface area contributed by atoms with E-state index in [-0.39, 0.29) is 0 Å². The molecule has 1 aromatic heterocycles. The number of anilines is 2. The van der Waals surface area contributed by atoms with E-state index in [4.69, 9.17) is 5.73 Å². The van der Waals surface area contributed by atoms with Gasteiger partial charge in [-0.05, 0) is 36.2 Å². The molecule has 0 aliphatic rings. The van der Waals surface area contributed by atoms with Gasteiger partial charge in [0.1, 0.15) is 0 Å². The van der Waals surface area contributed by atoms with Crippen molar-refractivity contribution in [2.24, 2.45) is 0 Å². The number of nitrogen functional groups attached to an aromatic ring is 1. The molecule has 0 amide bonds. The highest BCUT2D eigenvalue weighted by Crippen LogP contribution is 2.23. The quantitative estimate of drug-likeness (QED) is 0.708. The van der Waals surface area contributed by atoms with E-state index in [1.807, 2.05) is 42.6 Å². The van der Waals surface area contributed by atoms with Gasteiger partial charge in [0, 0.05) is 29.5 Å². The van der Waals surface area contributed by atoms with Crippen molar-refractivity contribution in [2.75, 3.05) is 11.1 Å². The number of pyridine rings is 1. The Bertz CT molecular complexity index is 745. The molecule has 3 rings (SSSR count). The van der Waals surface area contributed by atoms with Gasteiger partial charge in [-0.3, -0.25) is 4.98 Å². The van der Waals surface area contributed by atoms with Crippen LogP contribution in [-0.2, 0) is 6.54 Å². The molecular formula is C17H17N3. The highest BCUT2D eigenvalue weighted by atomic mass is 14.9. The molecule has 0 saturated carbocycles. The van der Waals surface area contributed by atoms with Crippen molar-refractivity contribution < 1.29 is 0 Å². The molecule has 3 aromatic rings. The van der Waals surface area contributed by atoms with Gasteiger partial charge in [-0.2, -0.15) is 0 Å². The van der Waals surface area contributed by atoms with Crippen molar-refractivity contribution in [3.63, 3.8) is 0 Å². The fourth-order valence-corrected chi connectivity index (χ4v) is 2.34. The maximum absolute atomic E-state index is 5.94. The Balaban J connectivity index is 1.89. The van der Waals surface area contributed by atoms with Gasteiger partial charge >= 0.3 is 0 Å². The number of nitrogens with one attached hydrogen (secondary N) is 1. The summed E-state index contributed by atoms with van der Waals surface area (Å²) in [5, 5.41) is 4.61. The predicted octanol–water partition coefficient (Wildman–Crippen LogP) is 3.74. The number of aromatic nitrogens is 1. The first kappa shape index (κ1) is 12.5. The van der Waals surface area contributed by atoms with Gasteiger partial charge in [0.15, 0.2) is 0 Å². The molecule has 1 heterocycles. The van der Waals surface area contributed by atoms with Gasteiger partial charge in [0.2, 0.25) is 0 Å². The summed E-state index contributed by atoms with van der Waals surface area (Å²) < 4.78 is 0. The molecule has 0 atom stereocenters. The van der Waals surface area contributed by atoms with Crippen molar-refractivity contribution >= 4 is 22.3 Å². The highest BCUT2D eigenvalue weighted by Gasteiger charge is 2.03. The van der Waals surface area contributed by atoms with Gasteiger partial charge in [0.25, 0.3) is 0 Å². The number of nitrogens with zero attached hydrogens (tertiary/aromatic N) is 1. The van der Waals surface area contributed by atoms with Crippen LogP contribution in [0.2, 0.25) is 0 Å². The minimum atomic E-state index is 0.755. The summed E-state index contributed by atoms with van der Waals surface area (Å²) in [6, 6.07) is 16.2. The van der Waals surface area contributed by atoms with Gasteiger partial charge in [0.05, 0.1) is 5.52 Å². The Morgan fingerprint density at radius 1 is 1.05 bits per heavy atom. The zero-order chi connectivity index (χ0) is 13.9. The summed E-state index contributed by atoms with van der Waals surface area (Å²) in [4.78, 5) is 4.37. The van der Waals surface area contributed by atoms with Crippen LogP contribution >= 0.6 is 0 Å². The first-order valence-electron chi connectivity index (χ1n) is 6.67. The van der Waals surface area contributed by atoms with Gasteiger partial charge < -0.3 is 11.1 Å². The number of para-hydroxylation sites is 1. The lowest BCUT2D eigenvalue weighted by molar-refractivity contribution is 1.12. The van der Waals surface area contributed by atoms with Crippen LogP contribution in [0, 0.1) is 6.92 Å². The lowest BCUT2D eigenvalue weighted by Gasteiger charge is -2.12. The average molecular weight is 263 g/mol. The van der Waals surface area contributed by atoms with Crippen LogP contribution in [0.25, 0.3) is 10.9 Å². The molecule has 0 spiro atoms. The summed E-state index contributed by atoms with van der Waals surface area (Å²) in [6.07, 6.45) is 1.83. The normalized spacial score (nSPS) is 10.7. The van der Waals surface area contributed by atoms with Crippen LogP contribution in [0.1, 0.15) is 11.1 Å². The zero-order valence-corrected chi connectivity index (χ0v) is 11.4. The van der Waals surface area contributed by atoms with E-state index in [0.29, 0.717) is 0 Å². The molecule has 0 fully saturated rings. The summed E-state index contributed by atoms with van der Waals surface area (Å²) in [6.45, 7) is 2.81. The van der Waals surface area contributed by atoms with E-state index in [0.717, 1.165) is 34.4 Å². The molecule has 3 N–H and O–H groups in total. The lowest BCUT2D eigenvalue weighted by atomic mass is 10.1. The molecule has 2 aromatic carbocycles. The first-order chi connectivity index (χ1) is 9.75. The second-order valence-electron chi connectivity index (χ2n) is 4.86. The van der Waals surface area contributed by atoms with Crippen molar-refractivity contribution in [1.29, 1.82) is 0 Å². The van der Waals surface area contributed by atoms with E-state index in [1.165, 1.54) is 5.56 Å². The fourth-order valence-electron chi connectivity index (χ4n) is 2.34. The van der Waals surface area contributed by atoms with Crippen LogP contribution < -0.4 is 11.1 Å². The van der Waals surface area contributed by atoms with Crippen LogP contribution in [0.15, 0.2) is 54.7 Å². The van der Waals surface area contributed by atoms with Crippen LogP contribution in [0.5, 0.6) is 0 Å². The van der Waals surface area contributed by atoms with Gasteiger partial charge in [-0.1, -0.05) is 30.3 Å². The summed E-state index contributed by atoms with van der Waals surface area (Å²) in [7, 11) is 0. The third-order valence-corrected chi connectivity index (χ3v) is 3.61. The van der Waals surface area contributed by atoms with E-state index < -0.39 is 0 Å². The molecule has 3 nitrogen and oxygen atoms in total. The maximum atomic E-state index is 5.94. The van der Waals surface area contributed by atoms with Crippen molar-refractivity contribution in [1.82, 2.24) is 4.98 Å². The Morgan fingerprint density at radius 2 is 1.90 bits per heavy atom. The second kappa shape index (κ2) is 5.21. The Labute approximate surface area is 118 Å². The smallest absolute Gasteiger partial charge is 0.0722 e. The molecule has 0 unspecified atom stereocenters. The van der Waals surface area contributed by atoms with Gasteiger partial charge in [-0.25, -0.2) is 0 Å². The molecule has 0 radical (unpaired) electrons. The Kier molecular flexibility index (Phi) is 3.25. The van der Waals surface area contributed by atoms with E-state index in [1.54, 1.807) is 0 Å². The molecule has 3 heteroatoms. The number of benzene rings is 2. The second-order valence-corrected chi connectivity index (χ2v) is 4.86. The first-order valence-corrected chi connectivity index (χ1v) is 6.67. The minimum absolute atomic E-state index is 0.755. The molecule has 0 aliphatic carbocycles. The van der Waals surface area contributed by atoms with E-state index in [2.05, 4.69) is 29.4 Å². The van der Waals surface area contributed by atoms with Crippen molar-refractivity contribution in [2.45, 2.75) is 13.5 Å². The predicted molar refractivity (Wildman–Crippen MR) is 84.7 cm³/mol. The molecule has 0 aliphatic heterocycles. The summed E-state index contributed by atoms with van der Waals surface area (Å²) >= 11 is 0. The summed E-state index contributed by atoms with van der Waals surface area (Å²) in [5.74, 6) is 0. The van der Waals surface area contributed by atoms with E-state index >= 15 is 0 Å². The standard InChI is InChI=1S/C17H17N3/c1-12-13(5-4-7-15(12)18)11-20-17-9-10-19-16-8-3-2-6-14(16)17/h2-10H,11,18H2,1H3,(H,19,20). The fraction of sp³-hybridized carbons (Fsp3) is 0.118. The van der Waals surface area contributed by atoms with Gasteiger partial charge in [-0.15, -0.1) is 0 Å². The molecule has 0 bridgehead atoms. The monoisotopic (exact) mass is 263 g/mol. The Hall–Kier alpha value is -2.55. The van der Waals surface area contributed by atoms with Crippen LogP contribution in [0.4, 0.5) is 11.4 Å².